The largest absolute Gasteiger partial charge is 0.478 e. The fourth-order valence-corrected chi connectivity index (χ4v) is 2.56. The number of alkyl halides is 3. The summed E-state index contributed by atoms with van der Waals surface area (Å²) in [5, 5.41) is 15.5. The van der Waals surface area contributed by atoms with Crippen molar-refractivity contribution in [1.29, 1.82) is 0 Å². The first-order valence-corrected chi connectivity index (χ1v) is 7.71. The number of carbonyl (C=O) groups is 2. The molecule has 26 heavy (non-hydrogen) atoms. The summed E-state index contributed by atoms with van der Waals surface area (Å²) in [6.45, 7) is 3.50. The normalized spacial score (nSPS) is 11.5. The second-order valence-corrected chi connectivity index (χ2v) is 5.98. The van der Waals surface area contributed by atoms with Crippen LogP contribution in [-0.2, 0) is 17.8 Å². The van der Waals surface area contributed by atoms with Crippen molar-refractivity contribution in [2.24, 2.45) is 0 Å². The number of rotatable bonds is 5. The molecule has 2 N–H and O–H groups in total. The van der Waals surface area contributed by atoms with Crippen LogP contribution < -0.4 is 5.32 Å². The Labute approximate surface area is 147 Å². The highest BCUT2D eigenvalue weighted by molar-refractivity contribution is 5.95. The Morgan fingerprint density at radius 3 is 2.46 bits per heavy atom. The number of hydrogen-bond acceptors (Lipinski definition) is 3. The highest BCUT2D eigenvalue weighted by Gasteiger charge is 2.30. The van der Waals surface area contributed by atoms with Gasteiger partial charge in [-0.3, -0.25) is 9.48 Å². The highest BCUT2D eigenvalue weighted by Crippen LogP contribution is 2.22. The number of anilines is 1. The molecule has 0 unspecified atom stereocenters. The first-order valence-electron chi connectivity index (χ1n) is 7.71. The van der Waals surface area contributed by atoms with Gasteiger partial charge in [0.1, 0.15) is 6.54 Å². The standard InChI is InChI=1S/C17H18F3N3O3/c1-9-4-5-12(16(25)26)6-14(9)21-15(24)7-13-10(2)22-23(11(13)3)8-17(18,19)20/h4-6H,7-8H2,1-3H3,(H,21,24)(H,25,26). The van der Waals surface area contributed by atoms with Crippen LogP contribution in [0.1, 0.15) is 32.9 Å². The number of halogens is 3. The molecule has 0 aliphatic carbocycles. The van der Waals surface area contributed by atoms with Crippen molar-refractivity contribution < 1.29 is 27.9 Å². The van der Waals surface area contributed by atoms with Gasteiger partial charge in [0.15, 0.2) is 0 Å². The lowest BCUT2D eigenvalue weighted by atomic mass is 10.1. The van der Waals surface area contributed by atoms with Crippen LogP contribution in [-0.4, -0.2) is 32.9 Å². The third kappa shape index (κ3) is 4.62. The summed E-state index contributed by atoms with van der Waals surface area (Å²) in [6.07, 6.45) is -4.57. The van der Waals surface area contributed by atoms with Crippen molar-refractivity contribution in [2.45, 2.75) is 39.9 Å². The number of aromatic nitrogens is 2. The molecule has 1 aromatic heterocycles. The van der Waals surface area contributed by atoms with Gasteiger partial charge in [0.25, 0.3) is 0 Å². The van der Waals surface area contributed by atoms with Crippen molar-refractivity contribution in [3.8, 4) is 0 Å². The van der Waals surface area contributed by atoms with E-state index in [1.165, 1.54) is 19.1 Å². The minimum Gasteiger partial charge on any atom is -0.478 e. The number of benzene rings is 1. The maximum Gasteiger partial charge on any atom is 0.408 e. The molecule has 0 saturated carbocycles. The van der Waals surface area contributed by atoms with Gasteiger partial charge in [-0.2, -0.15) is 18.3 Å². The van der Waals surface area contributed by atoms with Crippen LogP contribution in [0.3, 0.4) is 0 Å². The Hall–Kier alpha value is -2.84. The van der Waals surface area contributed by atoms with Crippen LogP contribution in [0.2, 0.25) is 0 Å². The summed E-state index contributed by atoms with van der Waals surface area (Å²) in [6, 6.07) is 4.32. The first-order chi connectivity index (χ1) is 12.0. The number of carboxylic acids is 1. The minimum absolute atomic E-state index is 0.0243. The van der Waals surface area contributed by atoms with Crippen LogP contribution in [0.5, 0.6) is 0 Å². The number of carbonyl (C=O) groups excluding carboxylic acids is 1. The molecule has 140 valence electrons. The monoisotopic (exact) mass is 369 g/mol. The molecular weight excluding hydrogens is 351 g/mol. The summed E-state index contributed by atoms with van der Waals surface area (Å²) in [4.78, 5) is 23.3. The molecule has 0 radical (unpaired) electrons. The second-order valence-electron chi connectivity index (χ2n) is 5.98. The lowest BCUT2D eigenvalue weighted by Crippen LogP contribution is -2.20. The van der Waals surface area contributed by atoms with Crippen LogP contribution in [0, 0.1) is 20.8 Å². The quantitative estimate of drug-likeness (QED) is 0.847. The molecule has 9 heteroatoms. The van der Waals surface area contributed by atoms with E-state index in [1.807, 2.05) is 0 Å². The molecule has 0 atom stereocenters. The molecule has 1 heterocycles. The third-order valence-electron chi connectivity index (χ3n) is 3.96. The van der Waals surface area contributed by atoms with Gasteiger partial charge in [-0.25, -0.2) is 4.79 Å². The van der Waals surface area contributed by atoms with E-state index in [0.29, 0.717) is 22.5 Å². The van der Waals surface area contributed by atoms with Crippen LogP contribution in [0.4, 0.5) is 18.9 Å². The Bertz CT molecular complexity index is 857. The summed E-state index contributed by atoms with van der Waals surface area (Å²) >= 11 is 0. The zero-order valence-electron chi connectivity index (χ0n) is 14.4. The van der Waals surface area contributed by atoms with Gasteiger partial charge in [0.2, 0.25) is 5.91 Å². The highest BCUT2D eigenvalue weighted by atomic mass is 19.4. The van der Waals surface area contributed by atoms with E-state index in [0.717, 1.165) is 4.68 Å². The molecule has 1 amide bonds. The van der Waals surface area contributed by atoms with Gasteiger partial charge in [-0.15, -0.1) is 0 Å². The third-order valence-corrected chi connectivity index (χ3v) is 3.96. The molecule has 0 fully saturated rings. The number of amides is 1. The van der Waals surface area contributed by atoms with Gasteiger partial charge in [0.05, 0.1) is 17.7 Å². The number of nitrogens with one attached hydrogen (secondary N) is 1. The van der Waals surface area contributed by atoms with Crippen LogP contribution in [0.15, 0.2) is 18.2 Å². The molecule has 0 aliphatic rings. The van der Waals surface area contributed by atoms with Crippen molar-refractivity contribution in [2.75, 3.05) is 5.32 Å². The zero-order valence-corrected chi connectivity index (χ0v) is 14.4. The lowest BCUT2D eigenvalue weighted by molar-refractivity contribution is -0.143. The van der Waals surface area contributed by atoms with Gasteiger partial charge < -0.3 is 10.4 Å². The Morgan fingerprint density at radius 1 is 1.23 bits per heavy atom. The van der Waals surface area contributed by atoms with E-state index in [2.05, 4.69) is 10.4 Å². The summed E-state index contributed by atoms with van der Waals surface area (Å²) in [5.41, 5.74) is 2.07. The molecule has 0 bridgehead atoms. The second kappa shape index (κ2) is 7.19. The van der Waals surface area contributed by atoms with Crippen LogP contribution in [0.25, 0.3) is 0 Å². The number of aromatic carboxylic acids is 1. The van der Waals surface area contributed by atoms with E-state index in [-0.39, 0.29) is 17.7 Å². The van der Waals surface area contributed by atoms with E-state index in [4.69, 9.17) is 5.11 Å². The van der Waals surface area contributed by atoms with Crippen molar-refractivity contribution in [1.82, 2.24) is 9.78 Å². The average Bonchev–Trinajstić information content (AvgIpc) is 2.75. The Kier molecular flexibility index (Phi) is 5.38. The Balaban J connectivity index is 2.19. The van der Waals surface area contributed by atoms with Gasteiger partial charge in [-0.1, -0.05) is 6.07 Å². The molecule has 0 aliphatic heterocycles. The molecule has 6 nitrogen and oxygen atoms in total. The van der Waals surface area contributed by atoms with Gasteiger partial charge in [-0.05, 0) is 38.5 Å². The zero-order chi connectivity index (χ0) is 19.6. The Morgan fingerprint density at radius 2 is 1.88 bits per heavy atom. The van der Waals surface area contributed by atoms with Gasteiger partial charge in [0, 0.05) is 16.9 Å². The predicted octanol–water partition coefficient (Wildman–Crippen LogP) is 3.25. The molecular formula is C17H18F3N3O3. The smallest absolute Gasteiger partial charge is 0.408 e. The number of hydrogen-bond donors (Lipinski definition) is 2. The summed E-state index contributed by atoms with van der Waals surface area (Å²) in [7, 11) is 0. The maximum absolute atomic E-state index is 12.6. The summed E-state index contributed by atoms with van der Waals surface area (Å²) in [5.74, 6) is -1.59. The summed E-state index contributed by atoms with van der Waals surface area (Å²) < 4.78 is 38.5. The number of nitrogens with zero attached hydrogens (tertiary/aromatic N) is 2. The fourth-order valence-electron chi connectivity index (χ4n) is 2.56. The average molecular weight is 369 g/mol. The SMILES string of the molecule is Cc1ccc(C(=O)O)cc1NC(=O)Cc1c(C)nn(CC(F)(F)F)c1C. The number of carboxylic acid groups (broad SMARTS) is 1. The molecule has 1 aromatic carbocycles. The maximum atomic E-state index is 12.6. The topological polar surface area (TPSA) is 84.2 Å². The van der Waals surface area contributed by atoms with E-state index in [1.54, 1.807) is 19.9 Å². The molecule has 2 rings (SSSR count). The number of aryl methyl sites for hydroxylation is 2. The van der Waals surface area contributed by atoms with E-state index < -0.39 is 24.6 Å². The van der Waals surface area contributed by atoms with Gasteiger partial charge >= 0.3 is 12.1 Å². The molecule has 2 aromatic rings. The predicted molar refractivity (Wildman–Crippen MR) is 88.2 cm³/mol. The van der Waals surface area contributed by atoms with E-state index >= 15 is 0 Å². The minimum atomic E-state index is -4.41. The van der Waals surface area contributed by atoms with Crippen LogP contribution >= 0.6 is 0 Å². The van der Waals surface area contributed by atoms with Crippen molar-refractivity contribution >= 4 is 17.6 Å². The molecule has 0 saturated heterocycles. The lowest BCUT2D eigenvalue weighted by Gasteiger charge is -2.10. The first kappa shape index (κ1) is 19.5. The fraction of sp³-hybridized carbons (Fsp3) is 0.353. The molecule has 0 spiro atoms. The van der Waals surface area contributed by atoms with E-state index in [9.17, 15) is 22.8 Å². The van der Waals surface area contributed by atoms with Crippen molar-refractivity contribution in [3.63, 3.8) is 0 Å². The van der Waals surface area contributed by atoms with Crippen molar-refractivity contribution in [3.05, 3.63) is 46.3 Å².